The Morgan fingerprint density at radius 2 is 0.850 bits per heavy atom. The van der Waals surface area contributed by atoms with Gasteiger partial charge < -0.3 is 25.1 Å². The fourth-order valence-electron chi connectivity index (χ4n) is 13.3. The van der Waals surface area contributed by atoms with Crippen molar-refractivity contribution < 1.29 is 50.7 Å². The standard InChI is InChI=1S/C27H28F4N4O2.C26H28FIN4O2.C23H26BrClN2O2/c1-18-8-5-6-13-22(18)24(25(37)33-20-10-3-2-4-11-20)35(21-12-7-9-19(28)16-21)23(36)17-34-15-14-32-26(34)27(29,30)31;1-18-8-5-6-13-22(18)24(25(34)30-20-10-3-2-4-11-20)32(21-12-7-9-19(27)16-21)23(33)17-31-15-14-29-26(31)28;1-16-8-5-6-13-20(16)22(23(29)26-18-10-3-2-4-11-18)27(21(28)15-25)19-12-7-9-17(24)14-19/h5-9,12-16,20,24H,2-4,10-11,17H2,1H3,(H,33,37);5-9,12-16,20,24H,2-4,10-11,17H2,1H3,(H,30,34);5-9,12-14,18,22H,2-4,10-11,15H2,1H3,(H,26,29). The molecule has 8 aromatic rings. The smallest absolute Gasteiger partial charge is 0.351 e. The quantitative estimate of drug-likeness (QED) is 0.0382. The molecular weight excluding hydrogens is 1490 g/mol. The van der Waals surface area contributed by atoms with Crippen molar-refractivity contribution in [3.05, 3.63) is 230 Å². The number of carbonyl (C=O) groups is 6. The first-order valence-electron chi connectivity index (χ1n) is 33.7. The minimum absolute atomic E-state index is 0.0200. The van der Waals surface area contributed by atoms with Crippen molar-refractivity contribution in [3.63, 3.8) is 0 Å². The van der Waals surface area contributed by atoms with Gasteiger partial charge in [-0.2, -0.15) is 13.2 Å². The molecule has 528 valence electrons. The zero-order chi connectivity index (χ0) is 71.5. The first kappa shape index (κ1) is 75.9. The van der Waals surface area contributed by atoms with Gasteiger partial charge in [0.2, 0.25) is 41.3 Å². The van der Waals surface area contributed by atoms with Crippen molar-refractivity contribution in [2.45, 2.75) is 173 Å². The van der Waals surface area contributed by atoms with E-state index < -0.39 is 60.1 Å². The molecule has 0 saturated heterocycles. The molecule has 0 aliphatic heterocycles. The summed E-state index contributed by atoms with van der Waals surface area (Å²) in [6.45, 7) is 4.89. The summed E-state index contributed by atoms with van der Waals surface area (Å²) in [5, 5.41) is 9.42. The zero-order valence-electron chi connectivity index (χ0n) is 56.0. The number of halogens is 8. The summed E-state index contributed by atoms with van der Waals surface area (Å²) in [4.78, 5) is 93.2. The van der Waals surface area contributed by atoms with Crippen LogP contribution in [0.4, 0.5) is 39.0 Å². The van der Waals surface area contributed by atoms with E-state index >= 15 is 0 Å². The van der Waals surface area contributed by atoms with Gasteiger partial charge in [0.15, 0.2) is 3.83 Å². The molecule has 24 heteroatoms. The van der Waals surface area contributed by atoms with Crippen molar-refractivity contribution in [3.8, 4) is 0 Å². The van der Waals surface area contributed by atoms with Crippen LogP contribution in [0.15, 0.2) is 175 Å². The lowest BCUT2D eigenvalue weighted by molar-refractivity contribution is -0.147. The van der Waals surface area contributed by atoms with Crippen LogP contribution in [0.2, 0.25) is 0 Å². The van der Waals surface area contributed by atoms with E-state index in [1.165, 1.54) is 53.0 Å². The number of nitrogens with zero attached hydrogens (tertiary/aromatic N) is 7. The predicted molar refractivity (Wildman–Crippen MR) is 389 cm³/mol. The van der Waals surface area contributed by atoms with Crippen molar-refractivity contribution in [1.82, 2.24) is 35.1 Å². The van der Waals surface area contributed by atoms with Crippen LogP contribution in [0.5, 0.6) is 0 Å². The fraction of sp³-hybridized carbons (Fsp3) is 0.368. The number of hydrogen-bond donors (Lipinski definition) is 3. The summed E-state index contributed by atoms with van der Waals surface area (Å²) in [6, 6.07) is 37.8. The first-order chi connectivity index (χ1) is 48.1. The van der Waals surface area contributed by atoms with Crippen LogP contribution in [0.1, 0.15) is 154 Å². The van der Waals surface area contributed by atoms with Gasteiger partial charge in [0.05, 0.1) is 0 Å². The minimum atomic E-state index is -4.78. The summed E-state index contributed by atoms with van der Waals surface area (Å²) in [6.07, 6.45) is 15.7. The van der Waals surface area contributed by atoms with Crippen LogP contribution in [0.3, 0.4) is 0 Å². The third kappa shape index (κ3) is 20.3. The SMILES string of the molecule is Cc1ccccc1C(C(=O)NC1CCCCC1)N(C(=O)CCl)c1cccc(Br)c1.Cc1ccccc1C(C(=O)NC1CCCCC1)N(C(=O)Cn1ccnc1C(F)(F)F)c1cccc(F)c1.Cc1ccccc1C(C(=O)NC1CCCCC1)N(C(=O)Cn1ccnc1I)c1cccc(F)c1. The molecule has 3 fully saturated rings. The number of nitrogens with one attached hydrogen (secondary N) is 3. The molecule has 3 aliphatic carbocycles. The van der Waals surface area contributed by atoms with E-state index in [1.807, 2.05) is 86.6 Å². The van der Waals surface area contributed by atoms with Crippen LogP contribution >= 0.6 is 50.1 Å². The van der Waals surface area contributed by atoms with Crippen LogP contribution in [-0.4, -0.2) is 78.6 Å². The molecule has 0 radical (unpaired) electrons. The maximum Gasteiger partial charge on any atom is 0.449 e. The average Bonchev–Trinajstić information content (AvgIpc) is 0.883. The summed E-state index contributed by atoms with van der Waals surface area (Å²) < 4.78 is 72.8. The molecule has 2 heterocycles. The monoisotopic (exact) mass is 1570 g/mol. The van der Waals surface area contributed by atoms with E-state index in [-0.39, 0.29) is 59.9 Å². The number of hydrogen-bond acceptors (Lipinski definition) is 8. The number of rotatable bonds is 20. The van der Waals surface area contributed by atoms with Crippen molar-refractivity contribution in [2.75, 3.05) is 20.6 Å². The lowest BCUT2D eigenvalue weighted by atomic mass is 9.93. The summed E-state index contributed by atoms with van der Waals surface area (Å²) in [5.41, 5.74) is 5.61. The normalized spacial score (nSPS) is 15.3. The van der Waals surface area contributed by atoms with E-state index in [9.17, 15) is 50.7 Å². The van der Waals surface area contributed by atoms with E-state index in [2.05, 4.69) is 64.4 Å². The van der Waals surface area contributed by atoms with Gasteiger partial charge >= 0.3 is 6.18 Å². The number of aryl methyl sites for hydroxylation is 3. The molecule has 3 N–H and O–H groups in total. The van der Waals surface area contributed by atoms with Crippen molar-refractivity contribution in [2.24, 2.45) is 0 Å². The molecule has 3 aliphatic rings. The second-order valence-electron chi connectivity index (χ2n) is 25.4. The first-order valence-corrected chi connectivity index (χ1v) is 36.1. The number of amides is 6. The number of benzene rings is 6. The molecule has 3 unspecified atom stereocenters. The Balaban J connectivity index is 0.000000176. The highest BCUT2D eigenvalue weighted by atomic mass is 127. The molecule has 3 atom stereocenters. The van der Waals surface area contributed by atoms with Crippen molar-refractivity contribution in [1.29, 1.82) is 0 Å². The third-order valence-corrected chi connectivity index (χ3v) is 19.9. The average molecular weight is 1570 g/mol. The third-order valence-electron chi connectivity index (χ3n) is 18.2. The Morgan fingerprint density at radius 3 is 1.20 bits per heavy atom. The molecule has 0 bridgehead atoms. The highest BCUT2D eigenvalue weighted by molar-refractivity contribution is 14.1. The van der Waals surface area contributed by atoms with E-state index in [4.69, 9.17) is 11.6 Å². The maximum atomic E-state index is 14.3. The molecule has 2 aromatic heterocycles. The van der Waals surface area contributed by atoms with Gasteiger partial charge in [0.1, 0.15) is 48.7 Å². The topological polar surface area (TPSA) is 184 Å². The zero-order valence-corrected chi connectivity index (χ0v) is 60.5. The Morgan fingerprint density at radius 1 is 0.500 bits per heavy atom. The van der Waals surface area contributed by atoms with Crippen LogP contribution < -0.4 is 30.7 Å². The molecule has 16 nitrogen and oxygen atoms in total. The molecule has 100 heavy (non-hydrogen) atoms. The summed E-state index contributed by atoms with van der Waals surface area (Å²) >= 11 is 11.5. The largest absolute Gasteiger partial charge is 0.449 e. The predicted octanol–water partition coefficient (Wildman–Crippen LogP) is 16.3. The number of carbonyl (C=O) groups excluding carboxylic acids is 6. The van der Waals surface area contributed by atoms with Crippen LogP contribution in [-0.2, 0) is 48.0 Å². The molecule has 6 amide bonds. The number of alkyl halides is 4. The Bertz CT molecular complexity index is 4100. The molecule has 3 saturated carbocycles. The second kappa shape index (κ2) is 36.4. The number of anilines is 3. The number of aromatic nitrogens is 4. The second-order valence-corrected chi connectivity index (χ2v) is 27.5. The van der Waals surface area contributed by atoms with E-state index in [0.29, 0.717) is 36.5 Å². The minimum Gasteiger partial charge on any atom is -0.351 e. The molecule has 0 spiro atoms. The Kier molecular flexibility index (Phi) is 27.6. The summed E-state index contributed by atoms with van der Waals surface area (Å²) in [5.74, 6) is -4.89. The molecule has 6 aromatic carbocycles. The summed E-state index contributed by atoms with van der Waals surface area (Å²) in [7, 11) is 0. The van der Waals surface area contributed by atoms with Crippen molar-refractivity contribution >= 4 is 103 Å². The van der Waals surface area contributed by atoms with E-state index in [0.717, 1.165) is 128 Å². The van der Waals surface area contributed by atoms with E-state index in [1.54, 1.807) is 60.3 Å². The lowest BCUT2D eigenvalue weighted by Crippen LogP contribution is -2.48. The van der Waals surface area contributed by atoms with Gasteiger partial charge in [-0.25, -0.2) is 18.7 Å². The highest BCUT2D eigenvalue weighted by Gasteiger charge is 2.41. The van der Waals surface area contributed by atoms with Gasteiger partial charge in [-0.1, -0.05) is 165 Å². The fourth-order valence-corrected chi connectivity index (χ4v) is 14.3. The molecular formula is C76H82BrClF5IN10O6. The Labute approximate surface area is 607 Å². The van der Waals surface area contributed by atoms with Crippen LogP contribution in [0, 0.1) is 36.2 Å². The maximum absolute atomic E-state index is 14.3. The van der Waals surface area contributed by atoms with Gasteiger partial charge in [0.25, 0.3) is 0 Å². The Hall–Kier alpha value is -8.29. The van der Waals surface area contributed by atoms with Gasteiger partial charge in [-0.05, 0) is 170 Å². The van der Waals surface area contributed by atoms with Gasteiger partial charge in [-0.15, -0.1) is 11.6 Å². The molecule has 11 rings (SSSR count). The number of imidazole rings is 2. The lowest BCUT2D eigenvalue weighted by Gasteiger charge is -2.34. The van der Waals surface area contributed by atoms with Crippen LogP contribution in [0.25, 0.3) is 0 Å². The van der Waals surface area contributed by atoms with Gasteiger partial charge in [-0.3, -0.25) is 43.5 Å². The highest BCUT2D eigenvalue weighted by Crippen LogP contribution is 2.37. The van der Waals surface area contributed by atoms with Gasteiger partial charge in [0, 0.05) is 64.4 Å².